The number of rotatable bonds is 2. The van der Waals surface area contributed by atoms with Crippen molar-refractivity contribution < 1.29 is 9.53 Å². The first-order chi connectivity index (χ1) is 10.4. The molecule has 0 fully saturated rings. The minimum absolute atomic E-state index is 0.305. The Kier molecular flexibility index (Phi) is 3.45. The van der Waals surface area contributed by atoms with E-state index >= 15 is 0 Å². The third kappa shape index (κ3) is 2.86. The van der Waals surface area contributed by atoms with Gasteiger partial charge in [-0.05, 0) is 56.2 Å². The third-order valence-electron chi connectivity index (χ3n) is 3.29. The SMILES string of the molecule is CC(C)(C)OC(=O)c1ccc(-c2ccnc3[nH]ccc23)cc1. The predicted octanol–water partition coefficient (Wildman–Crippen LogP) is 4.19. The number of aromatic amines is 1. The van der Waals surface area contributed by atoms with E-state index in [1.807, 2.05) is 51.2 Å². The number of carbonyl (C=O) groups excluding carboxylic acids is 1. The van der Waals surface area contributed by atoms with Gasteiger partial charge in [0.25, 0.3) is 0 Å². The molecule has 112 valence electrons. The van der Waals surface area contributed by atoms with E-state index in [-0.39, 0.29) is 5.97 Å². The Labute approximate surface area is 129 Å². The Balaban J connectivity index is 1.92. The standard InChI is InChI=1S/C18H18N2O2/c1-18(2,3)22-17(21)13-6-4-12(5-7-13)14-8-10-19-16-15(14)9-11-20-16/h4-11H,1-3H3,(H,19,20). The van der Waals surface area contributed by atoms with Gasteiger partial charge in [0.05, 0.1) is 5.56 Å². The highest BCUT2D eigenvalue weighted by atomic mass is 16.6. The quantitative estimate of drug-likeness (QED) is 0.721. The Bertz CT molecular complexity index is 811. The maximum atomic E-state index is 12.0. The van der Waals surface area contributed by atoms with Crippen LogP contribution < -0.4 is 0 Å². The van der Waals surface area contributed by atoms with Gasteiger partial charge in [-0.3, -0.25) is 0 Å². The Morgan fingerprint density at radius 2 is 1.82 bits per heavy atom. The van der Waals surface area contributed by atoms with Crippen LogP contribution in [0.3, 0.4) is 0 Å². The zero-order valence-corrected chi connectivity index (χ0v) is 12.9. The van der Waals surface area contributed by atoms with Crippen LogP contribution in [0.25, 0.3) is 22.2 Å². The maximum absolute atomic E-state index is 12.0. The summed E-state index contributed by atoms with van der Waals surface area (Å²) in [6.07, 6.45) is 3.65. The van der Waals surface area contributed by atoms with Crippen molar-refractivity contribution >= 4 is 17.0 Å². The molecule has 0 radical (unpaired) electrons. The van der Waals surface area contributed by atoms with Crippen LogP contribution in [-0.2, 0) is 4.74 Å². The van der Waals surface area contributed by atoms with E-state index in [0.29, 0.717) is 5.56 Å². The number of H-pyrrole nitrogens is 1. The maximum Gasteiger partial charge on any atom is 0.338 e. The molecule has 0 unspecified atom stereocenters. The number of esters is 1. The smallest absolute Gasteiger partial charge is 0.338 e. The molecule has 2 heterocycles. The molecular weight excluding hydrogens is 276 g/mol. The summed E-state index contributed by atoms with van der Waals surface area (Å²) in [6.45, 7) is 5.58. The van der Waals surface area contributed by atoms with Crippen molar-refractivity contribution in [3.63, 3.8) is 0 Å². The molecule has 0 spiro atoms. The number of hydrogen-bond donors (Lipinski definition) is 1. The van der Waals surface area contributed by atoms with E-state index < -0.39 is 5.60 Å². The van der Waals surface area contributed by atoms with Gasteiger partial charge in [0.1, 0.15) is 11.2 Å². The first kappa shape index (κ1) is 14.3. The van der Waals surface area contributed by atoms with Crippen molar-refractivity contribution in [2.75, 3.05) is 0 Å². The monoisotopic (exact) mass is 294 g/mol. The van der Waals surface area contributed by atoms with Crippen LogP contribution in [0.1, 0.15) is 31.1 Å². The van der Waals surface area contributed by atoms with Gasteiger partial charge in [-0.15, -0.1) is 0 Å². The summed E-state index contributed by atoms with van der Waals surface area (Å²) in [5.74, 6) is -0.305. The molecule has 0 aliphatic carbocycles. The fraction of sp³-hybridized carbons (Fsp3) is 0.222. The molecule has 0 amide bonds. The topological polar surface area (TPSA) is 55.0 Å². The minimum atomic E-state index is -0.488. The minimum Gasteiger partial charge on any atom is -0.456 e. The van der Waals surface area contributed by atoms with Crippen molar-refractivity contribution in [2.45, 2.75) is 26.4 Å². The Morgan fingerprint density at radius 3 is 2.50 bits per heavy atom. The first-order valence-electron chi connectivity index (χ1n) is 7.20. The van der Waals surface area contributed by atoms with Crippen molar-refractivity contribution in [1.29, 1.82) is 0 Å². The number of benzene rings is 1. The molecule has 0 atom stereocenters. The van der Waals surface area contributed by atoms with E-state index in [9.17, 15) is 4.79 Å². The van der Waals surface area contributed by atoms with Crippen LogP contribution in [0.5, 0.6) is 0 Å². The van der Waals surface area contributed by atoms with Crippen LogP contribution in [0.2, 0.25) is 0 Å². The fourth-order valence-electron chi connectivity index (χ4n) is 2.34. The summed E-state index contributed by atoms with van der Waals surface area (Å²) >= 11 is 0. The van der Waals surface area contributed by atoms with Crippen LogP contribution in [0.15, 0.2) is 48.8 Å². The lowest BCUT2D eigenvalue weighted by Crippen LogP contribution is -2.23. The zero-order chi connectivity index (χ0) is 15.7. The van der Waals surface area contributed by atoms with E-state index in [1.165, 1.54) is 0 Å². The number of nitrogens with one attached hydrogen (secondary N) is 1. The molecule has 3 rings (SSSR count). The Hall–Kier alpha value is -2.62. The van der Waals surface area contributed by atoms with Gasteiger partial charge >= 0.3 is 5.97 Å². The van der Waals surface area contributed by atoms with Gasteiger partial charge in [-0.1, -0.05) is 12.1 Å². The molecular formula is C18H18N2O2. The lowest BCUT2D eigenvalue weighted by Gasteiger charge is -2.19. The van der Waals surface area contributed by atoms with Gasteiger partial charge in [-0.2, -0.15) is 0 Å². The lowest BCUT2D eigenvalue weighted by atomic mass is 10.0. The van der Waals surface area contributed by atoms with Gasteiger partial charge < -0.3 is 9.72 Å². The molecule has 0 saturated heterocycles. The fourth-order valence-corrected chi connectivity index (χ4v) is 2.34. The van der Waals surface area contributed by atoms with Crippen LogP contribution in [-0.4, -0.2) is 21.5 Å². The second-order valence-corrected chi connectivity index (χ2v) is 6.18. The molecule has 1 aromatic carbocycles. The number of ether oxygens (including phenoxy) is 1. The number of fused-ring (bicyclic) bond motifs is 1. The average Bonchev–Trinajstić information content (AvgIpc) is 2.94. The zero-order valence-electron chi connectivity index (χ0n) is 12.9. The summed E-state index contributed by atoms with van der Waals surface area (Å²) in [6, 6.07) is 11.4. The summed E-state index contributed by atoms with van der Waals surface area (Å²) in [4.78, 5) is 19.4. The molecule has 4 heteroatoms. The van der Waals surface area contributed by atoms with Crippen LogP contribution in [0, 0.1) is 0 Å². The third-order valence-corrected chi connectivity index (χ3v) is 3.29. The molecule has 22 heavy (non-hydrogen) atoms. The van der Waals surface area contributed by atoms with Gasteiger partial charge in [0.15, 0.2) is 0 Å². The molecule has 0 bridgehead atoms. The van der Waals surface area contributed by atoms with Crippen molar-refractivity contribution in [3.05, 3.63) is 54.4 Å². The molecule has 4 nitrogen and oxygen atoms in total. The van der Waals surface area contributed by atoms with Crippen molar-refractivity contribution in [1.82, 2.24) is 9.97 Å². The molecule has 0 aliphatic rings. The predicted molar refractivity (Wildman–Crippen MR) is 86.7 cm³/mol. The van der Waals surface area contributed by atoms with Crippen molar-refractivity contribution in [3.8, 4) is 11.1 Å². The summed E-state index contributed by atoms with van der Waals surface area (Å²) in [5.41, 5.74) is 3.05. The second-order valence-electron chi connectivity index (χ2n) is 6.18. The van der Waals surface area contributed by atoms with Crippen LogP contribution in [0.4, 0.5) is 0 Å². The number of hydrogen-bond acceptors (Lipinski definition) is 3. The Morgan fingerprint density at radius 1 is 1.09 bits per heavy atom. The van der Waals surface area contributed by atoms with E-state index in [1.54, 1.807) is 18.3 Å². The van der Waals surface area contributed by atoms with Gasteiger partial charge in [-0.25, -0.2) is 9.78 Å². The summed E-state index contributed by atoms with van der Waals surface area (Å²) in [5, 5.41) is 1.06. The number of carbonyl (C=O) groups is 1. The van der Waals surface area contributed by atoms with E-state index in [0.717, 1.165) is 22.2 Å². The average molecular weight is 294 g/mol. The first-order valence-corrected chi connectivity index (χ1v) is 7.20. The van der Waals surface area contributed by atoms with Crippen LogP contribution >= 0.6 is 0 Å². The molecule has 2 aromatic heterocycles. The number of nitrogens with zero attached hydrogens (tertiary/aromatic N) is 1. The molecule has 0 aliphatic heterocycles. The largest absolute Gasteiger partial charge is 0.456 e. The summed E-state index contributed by atoms with van der Waals surface area (Å²) in [7, 11) is 0. The highest BCUT2D eigenvalue weighted by Gasteiger charge is 2.17. The molecule has 1 N–H and O–H groups in total. The molecule has 0 saturated carbocycles. The van der Waals surface area contributed by atoms with Gasteiger partial charge in [0, 0.05) is 17.8 Å². The lowest BCUT2D eigenvalue weighted by molar-refractivity contribution is 0.00696. The normalized spacial score (nSPS) is 11.6. The number of aromatic nitrogens is 2. The van der Waals surface area contributed by atoms with E-state index in [4.69, 9.17) is 4.74 Å². The second kappa shape index (κ2) is 5.30. The highest BCUT2D eigenvalue weighted by Crippen LogP contribution is 2.27. The van der Waals surface area contributed by atoms with E-state index in [2.05, 4.69) is 9.97 Å². The van der Waals surface area contributed by atoms with Crippen molar-refractivity contribution in [2.24, 2.45) is 0 Å². The van der Waals surface area contributed by atoms with Gasteiger partial charge in [0.2, 0.25) is 0 Å². The highest BCUT2D eigenvalue weighted by molar-refractivity contribution is 5.94. The molecule has 3 aromatic rings. The summed E-state index contributed by atoms with van der Waals surface area (Å²) < 4.78 is 5.37. The number of pyridine rings is 1.